The number of aliphatic carboxylic acids is 1. The fourth-order valence-corrected chi connectivity index (χ4v) is 1.35. The average Bonchev–Trinajstić information content (AvgIpc) is 2.35. The molecule has 0 aromatic heterocycles. The Bertz CT molecular complexity index is 499. The van der Waals surface area contributed by atoms with Crippen LogP contribution in [0.15, 0.2) is 18.2 Å². The standard InChI is InChI=1S/C10H9NO7/c12-4-5-1-2-6(7(3-5)11(17)18)8(13)9(14)10(15)16/h1-4,8-9,13-14H,(H,15,16). The van der Waals surface area contributed by atoms with Crippen molar-refractivity contribution < 1.29 is 29.8 Å². The highest BCUT2D eigenvalue weighted by Crippen LogP contribution is 2.28. The van der Waals surface area contributed by atoms with E-state index in [0.717, 1.165) is 12.1 Å². The lowest BCUT2D eigenvalue weighted by molar-refractivity contribution is -0.386. The van der Waals surface area contributed by atoms with Gasteiger partial charge in [-0.15, -0.1) is 0 Å². The summed E-state index contributed by atoms with van der Waals surface area (Å²) in [7, 11) is 0. The predicted molar refractivity (Wildman–Crippen MR) is 57.1 cm³/mol. The summed E-state index contributed by atoms with van der Waals surface area (Å²) in [6.07, 6.45) is -3.77. The summed E-state index contributed by atoms with van der Waals surface area (Å²) >= 11 is 0. The first kappa shape index (κ1) is 13.7. The van der Waals surface area contributed by atoms with Crippen molar-refractivity contribution in [1.29, 1.82) is 0 Å². The van der Waals surface area contributed by atoms with E-state index in [9.17, 15) is 24.8 Å². The monoisotopic (exact) mass is 255 g/mol. The molecule has 8 heteroatoms. The van der Waals surface area contributed by atoms with Crippen LogP contribution in [0.25, 0.3) is 0 Å². The minimum Gasteiger partial charge on any atom is -0.479 e. The second-order valence-electron chi connectivity index (χ2n) is 3.42. The molecule has 1 aromatic carbocycles. The normalized spacial score (nSPS) is 13.7. The van der Waals surface area contributed by atoms with Crippen molar-refractivity contribution in [2.75, 3.05) is 0 Å². The Balaban J connectivity index is 3.27. The molecule has 0 saturated heterocycles. The van der Waals surface area contributed by atoms with Crippen LogP contribution in [0, 0.1) is 10.1 Å². The van der Waals surface area contributed by atoms with Crippen LogP contribution < -0.4 is 0 Å². The number of nitro groups is 1. The van der Waals surface area contributed by atoms with E-state index < -0.39 is 28.8 Å². The fourth-order valence-electron chi connectivity index (χ4n) is 1.35. The van der Waals surface area contributed by atoms with E-state index in [1.165, 1.54) is 6.07 Å². The Morgan fingerprint density at radius 3 is 2.44 bits per heavy atom. The van der Waals surface area contributed by atoms with Crippen LogP contribution in [-0.4, -0.2) is 38.6 Å². The molecule has 8 nitrogen and oxygen atoms in total. The number of aliphatic hydroxyl groups is 2. The van der Waals surface area contributed by atoms with Crippen molar-refractivity contribution in [1.82, 2.24) is 0 Å². The van der Waals surface area contributed by atoms with E-state index in [2.05, 4.69) is 0 Å². The van der Waals surface area contributed by atoms with E-state index >= 15 is 0 Å². The molecule has 0 spiro atoms. The zero-order valence-electron chi connectivity index (χ0n) is 8.89. The van der Waals surface area contributed by atoms with Gasteiger partial charge in [0.15, 0.2) is 6.10 Å². The first-order valence-corrected chi connectivity index (χ1v) is 4.71. The number of benzene rings is 1. The van der Waals surface area contributed by atoms with E-state index in [1.54, 1.807) is 0 Å². The Labute approximate surface area is 100 Å². The molecule has 0 heterocycles. The van der Waals surface area contributed by atoms with Gasteiger partial charge in [0.05, 0.1) is 10.5 Å². The number of aldehydes is 1. The molecule has 0 amide bonds. The number of nitrogens with zero attached hydrogens (tertiary/aromatic N) is 1. The van der Waals surface area contributed by atoms with Crippen molar-refractivity contribution in [2.24, 2.45) is 0 Å². The highest BCUT2D eigenvalue weighted by molar-refractivity contribution is 5.77. The zero-order chi connectivity index (χ0) is 13.9. The van der Waals surface area contributed by atoms with Crippen LogP contribution in [0.1, 0.15) is 22.0 Å². The SMILES string of the molecule is O=Cc1ccc(C(O)C(O)C(=O)O)c([N+](=O)[O-])c1. The summed E-state index contributed by atoms with van der Waals surface area (Å²) in [5, 5.41) is 37.9. The number of carboxylic acids is 1. The number of carbonyl (C=O) groups excluding carboxylic acids is 1. The number of hydrogen-bond donors (Lipinski definition) is 3. The predicted octanol–water partition coefficient (Wildman–Crippen LogP) is -0.114. The second-order valence-corrected chi connectivity index (χ2v) is 3.42. The number of aliphatic hydroxyl groups excluding tert-OH is 2. The third-order valence-electron chi connectivity index (χ3n) is 2.26. The van der Waals surface area contributed by atoms with Gasteiger partial charge < -0.3 is 15.3 Å². The first-order valence-electron chi connectivity index (χ1n) is 4.71. The summed E-state index contributed by atoms with van der Waals surface area (Å²) < 4.78 is 0. The van der Waals surface area contributed by atoms with Gasteiger partial charge in [0.2, 0.25) is 0 Å². The molecule has 18 heavy (non-hydrogen) atoms. The van der Waals surface area contributed by atoms with Gasteiger partial charge in [-0.1, -0.05) is 6.07 Å². The molecule has 0 bridgehead atoms. The smallest absolute Gasteiger partial charge is 0.335 e. The van der Waals surface area contributed by atoms with Crippen molar-refractivity contribution in [3.05, 3.63) is 39.4 Å². The van der Waals surface area contributed by atoms with Gasteiger partial charge in [0, 0.05) is 11.6 Å². The number of nitro benzene ring substituents is 1. The summed E-state index contributed by atoms with van der Waals surface area (Å²) in [5.74, 6) is -1.71. The van der Waals surface area contributed by atoms with Crippen molar-refractivity contribution in [3.8, 4) is 0 Å². The van der Waals surface area contributed by atoms with Gasteiger partial charge >= 0.3 is 5.97 Å². The first-order chi connectivity index (χ1) is 8.38. The molecule has 0 saturated carbocycles. The average molecular weight is 255 g/mol. The molecular formula is C10H9NO7. The lowest BCUT2D eigenvalue weighted by Crippen LogP contribution is -2.28. The second kappa shape index (κ2) is 5.34. The lowest BCUT2D eigenvalue weighted by Gasteiger charge is -2.14. The van der Waals surface area contributed by atoms with Crippen LogP contribution in [0.2, 0.25) is 0 Å². The minimum absolute atomic E-state index is 0.00228. The molecule has 0 aliphatic rings. The van der Waals surface area contributed by atoms with Crippen molar-refractivity contribution >= 4 is 17.9 Å². The summed E-state index contributed by atoms with van der Waals surface area (Å²) in [6.45, 7) is 0. The molecule has 0 aliphatic carbocycles. The molecule has 0 fully saturated rings. The number of hydrogen-bond acceptors (Lipinski definition) is 6. The van der Waals surface area contributed by atoms with Crippen LogP contribution in [-0.2, 0) is 4.79 Å². The van der Waals surface area contributed by atoms with Crippen LogP contribution >= 0.6 is 0 Å². The number of rotatable bonds is 5. The lowest BCUT2D eigenvalue weighted by atomic mass is 10.0. The molecule has 0 radical (unpaired) electrons. The summed E-state index contributed by atoms with van der Waals surface area (Å²) in [4.78, 5) is 30.8. The van der Waals surface area contributed by atoms with E-state index in [1.807, 2.05) is 0 Å². The fraction of sp³-hybridized carbons (Fsp3) is 0.200. The van der Waals surface area contributed by atoms with Crippen LogP contribution in [0.5, 0.6) is 0 Å². The van der Waals surface area contributed by atoms with Crippen molar-refractivity contribution in [2.45, 2.75) is 12.2 Å². The van der Waals surface area contributed by atoms with Gasteiger partial charge in [0.25, 0.3) is 5.69 Å². The van der Waals surface area contributed by atoms with Gasteiger partial charge in [-0.3, -0.25) is 14.9 Å². The van der Waals surface area contributed by atoms with Gasteiger partial charge in [-0.25, -0.2) is 4.79 Å². The molecule has 2 atom stereocenters. The highest BCUT2D eigenvalue weighted by atomic mass is 16.6. The van der Waals surface area contributed by atoms with E-state index in [0.29, 0.717) is 6.29 Å². The largest absolute Gasteiger partial charge is 0.479 e. The number of carboxylic acid groups (broad SMARTS) is 1. The highest BCUT2D eigenvalue weighted by Gasteiger charge is 2.30. The maximum absolute atomic E-state index is 10.7. The maximum Gasteiger partial charge on any atom is 0.335 e. The molecule has 1 rings (SSSR count). The van der Waals surface area contributed by atoms with Crippen LogP contribution in [0.4, 0.5) is 5.69 Å². The topological polar surface area (TPSA) is 138 Å². The van der Waals surface area contributed by atoms with Gasteiger partial charge in [0.1, 0.15) is 12.4 Å². The van der Waals surface area contributed by atoms with Crippen molar-refractivity contribution in [3.63, 3.8) is 0 Å². The molecular weight excluding hydrogens is 246 g/mol. The molecule has 2 unspecified atom stereocenters. The third-order valence-corrected chi connectivity index (χ3v) is 2.26. The Kier molecular flexibility index (Phi) is 4.08. The minimum atomic E-state index is -2.19. The Morgan fingerprint density at radius 1 is 1.39 bits per heavy atom. The molecule has 96 valence electrons. The Morgan fingerprint density at radius 2 is 2.00 bits per heavy atom. The molecule has 1 aromatic rings. The number of carbonyl (C=O) groups is 2. The molecule has 0 aliphatic heterocycles. The van der Waals surface area contributed by atoms with E-state index in [4.69, 9.17) is 10.2 Å². The third kappa shape index (κ3) is 2.67. The zero-order valence-corrected chi connectivity index (χ0v) is 8.89. The van der Waals surface area contributed by atoms with E-state index in [-0.39, 0.29) is 11.1 Å². The quantitative estimate of drug-likeness (QED) is 0.379. The van der Waals surface area contributed by atoms with Gasteiger partial charge in [-0.05, 0) is 6.07 Å². The maximum atomic E-state index is 10.7. The molecule has 3 N–H and O–H groups in total. The summed E-state index contributed by atoms with van der Waals surface area (Å²) in [6, 6.07) is 3.09. The van der Waals surface area contributed by atoms with Crippen LogP contribution in [0.3, 0.4) is 0 Å². The Hall–Kier alpha value is -2.32. The van der Waals surface area contributed by atoms with Gasteiger partial charge in [-0.2, -0.15) is 0 Å². The summed E-state index contributed by atoms with van der Waals surface area (Å²) in [5.41, 5.74) is -1.00.